The molecule has 0 bridgehead atoms. The molecule has 1 fully saturated rings. The minimum absolute atomic E-state index is 0.476. The van der Waals surface area contributed by atoms with Gasteiger partial charge in [0.15, 0.2) is 5.75 Å². The first kappa shape index (κ1) is 14.4. The van der Waals surface area contributed by atoms with Crippen LogP contribution in [0.4, 0.5) is 0 Å². The highest BCUT2D eigenvalue weighted by molar-refractivity contribution is 7.89. The quantitative estimate of drug-likeness (QED) is 0.679. The number of sulfonamides is 1. The molecule has 0 aromatic rings. The number of hydrogen-bond donors (Lipinski definition) is 1. The molecule has 1 heterocycles. The van der Waals surface area contributed by atoms with Crippen LogP contribution >= 0.6 is 0 Å². The Hall–Kier alpha value is -0.660. The van der Waals surface area contributed by atoms with Crippen LogP contribution in [0, 0.1) is 5.92 Å². The molecule has 0 aromatic carbocycles. The molecule has 6 nitrogen and oxygen atoms in total. The average molecular weight is 264 g/mol. The number of nitrogens with two attached hydrogens (primary N) is 1. The summed E-state index contributed by atoms with van der Waals surface area (Å²) in [4.78, 5) is 11.0. The maximum atomic E-state index is 11.8. The van der Waals surface area contributed by atoms with Crippen LogP contribution < -0.4 is 5.73 Å². The Balaban J connectivity index is 2.50. The molecular formula is C10H20N2O4S. The summed E-state index contributed by atoms with van der Waals surface area (Å²) < 4.78 is 29.4. The van der Waals surface area contributed by atoms with Gasteiger partial charge >= 0.3 is 5.97 Å². The smallest absolute Gasteiger partial charge is 0.322 e. The number of carbonyl (C=O) groups excluding carboxylic acids is 1. The fourth-order valence-electron chi connectivity index (χ4n) is 2.01. The lowest BCUT2D eigenvalue weighted by atomic mass is 9.95. The minimum atomic E-state index is -3.51. The van der Waals surface area contributed by atoms with Crippen LogP contribution in [0.1, 0.15) is 19.3 Å². The average Bonchev–Trinajstić information content (AvgIpc) is 2.29. The number of piperidine rings is 1. The summed E-state index contributed by atoms with van der Waals surface area (Å²) in [6.07, 6.45) is 2.57. The van der Waals surface area contributed by atoms with E-state index in [1.54, 1.807) is 0 Å². The summed E-state index contributed by atoms with van der Waals surface area (Å²) in [5.41, 5.74) is 5.47. The number of rotatable bonds is 5. The van der Waals surface area contributed by atoms with Crippen molar-refractivity contribution in [3.63, 3.8) is 0 Å². The number of esters is 1. The summed E-state index contributed by atoms with van der Waals surface area (Å²) in [5.74, 6) is -0.774. The van der Waals surface area contributed by atoms with E-state index in [2.05, 4.69) is 4.74 Å². The number of nitrogens with zero attached hydrogens (tertiary/aromatic N) is 1. The molecule has 17 heavy (non-hydrogen) atoms. The monoisotopic (exact) mass is 264 g/mol. The summed E-state index contributed by atoms with van der Waals surface area (Å²) >= 11 is 0. The van der Waals surface area contributed by atoms with Crippen molar-refractivity contribution in [2.24, 2.45) is 11.7 Å². The van der Waals surface area contributed by atoms with E-state index in [1.165, 1.54) is 11.4 Å². The van der Waals surface area contributed by atoms with Gasteiger partial charge in [-0.05, 0) is 31.7 Å². The SMILES string of the molecule is COC(=O)CS(=O)(=O)N1CCC(CCN)CC1. The lowest BCUT2D eigenvalue weighted by Crippen LogP contribution is -2.41. The van der Waals surface area contributed by atoms with Gasteiger partial charge in [-0.25, -0.2) is 12.7 Å². The van der Waals surface area contributed by atoms with Gasteiger partial charge in [0, 0.05) is 13.1 Å². The van der Waals surface area contributed by atoms with Gasteiger partial charge in [0.05, 0.1) is 7.11 Å². The van der Waals surface area contributed by atoms with Crippen LogP contribution in [0.15, 0.2) is 0 Å². The molecule has 0 spiro atoms. The van der Waals surface area contributed by atoms with Crippen LogP contribution in [0.25, 0.3) is 0 Å². The van der Waals surface area contributed by atoms with E-state index >= 15 is 0 Å². The highest BCUT2D eigenvalue weighted by Crippen LogP contribution is 2.21. The molecule has 100 valence electrons. The Morgan fingerprint density at radius 1 is 1.41 bits per heavy atom. The second kappa shape index (κ2) is 6.32. The zero-order valence-corrected chi connectivity index (χ0v) is 10.9. The number of methoxy groups -OCH3 is 1. The van der Waals surface area contributed by atoms with Gasteiger partial charge in [0.2, 0.25) is 10.0 Å². The Bertz CT molecular complexity index is 347. The van der Waals surface area contributed by atoms with Crippen LogP contribution in [0.3, 0.4) is 0 Å². The molecule has 1 saturated heterocycles. The summed E-state index contributed by atoms with van der Waals surface area (Å²) in [7, 11) is -2.32. The normalized spacial score (nSPS) is 19.2. The predicted octanol–water partition coefficient (Wildman–Crippen LogP) is -0.450. The number of hydrogen-bond acceptors (Lipinski definition) is 5. The van der Waals surface area contributed by atoms with Gasteiger partial charge in [0.1, 0.15) is 0 Å². The van der Waals surface area contributed by atoms with Crippen molar-refractivity contribution in [3.8, 4) is 0 Å². The molecule has 0 atom stereocenters. The molecule has 0 saturated carbocycles. The van der Waals surface area contributed by atoms with Gasteiger partial charge < -0.3 is 10.5 Å². The van der Waals surface area contributed by atoms with E-state index in [0.29, 0.717) is 25.6 Å². The lowest BCUT2D eigenvalue weighted by molar-refractivity contribution is -0.137. The molecular weight excluding hydrogens is 244 g/mol. The van der Waals surface area contributed by atoms with E-state index in [1.807, 2.05) is 0 Å². The number of carbonyl (C=O) groups is 1. The standard InChI is InChI=1S/C10H20N2O4S/c1-16-10(13)8-17(14,15)12-6-3-9(2-5-11)4-7-12/h9H,2-8,11H2,1H3. The van der Waals surface area contributed by atoms with Gasteiger partial charge in [-0.3, -0.25) is 4.79 Å². The fourth-order valence-corrected chi connectivity index (χ4v) is 3.38. The van der Waals surface area contributed by atoms with E-state index in [4.69, 9.17) is 5.73 Å². The zero-order chi connectivity index (χ0) is 12.9. The highest BCUT2D eigenvalue weighted by Gasteiger charge is 2.29. The molecule has 1 aliphatic rings. The van der Waals surface area contributed by atoms with Crippen molar-refractivity contribution in [1.29, 1.82) is 0 Å². The predicted molar refractivity (Wildman–Crippen MR) is 63.8 cm³/mol. The lowest BCUT2D eigenvalue weighted by Gasteiger charge is -2.30. The van der Waals surface area contributed by atoms with Crippen LogP contribution in [-0.4, -0.2) is 51.2 Å². The van der Waals surface area contributed by atoms with Crippen molar-refractivity contribution < 1.29 is 17.9 Å². The van der Waals surface area contributed by atoms with Gasteiger partial charge in [-0.2, -0.15) is 0 Å². The van der Waals surface area contributed by atoms with Crippen molar-refractivity contribution in [1.82, 2.24) is 4.31 Å². The zero-order valence-electron chi connectivity index (χ0n) is 10.1. The molecule has 1 aliphatic heterocycles. The van der Waals surface area contributed by atoms with Crippen LogP contribution in [0.2, 0.25) is 0 Å². The molecule has 1 rings (SSSR count). The van der Waals surface area contributed by atoms with Crippen molar-refractivity contribution in [2.75, 3.05) is 32.5 Å². The molecule has 2 N–H and O–H groups in total. The Morgan fingerprint density at radius 2 is 2.00 bits per heavy atom. The maximum absolute atomic E-state index is 11.8. The largest absolute Gasteiger partial charge is 0.468 e. The summed E-state index contributed by atoms with van der Waals surface area (Å²) in [6.45, 7) is 1.59. The first-order valence-corrected chi connectivity index (χ1v) is 7.35. The molecule has 0 unspecified atom stereocenters. The maximum Gasteiger partial charge on any atom is 0.322 e. The highest BCUT2D eigenvalue weighted by atomic mass is 32.2. The first-order chi connectivity index (χ1) is 7.99. The third-order valence-corrected chi connectivity index (χ3v) is 4.82. The molecule has 0 aliphatic carbocycles. The molecule has 0 amide bonds. The van der Waals surface area contributed by atoms with E-state index in [0.717, 1.165) is 19.3 Å². The minimum Gasteiger partial charge on any atom is -0.468 e. The van der Waals surface area contributed by atoms with Crippen molar-refractivity contribution >= 4 is 16.0 Å². The molecule has 7 heteroatoms. The van der Waals surface area contributed by atoms with Crippen LogP contribution in [-0.2, 0) is 19.6 Å². The Kier molecular flexibility index (Phi) is 5.35. The third kappa shape index (κ3) is 4.25. The number of ether oxygens (including phenoxy) is 1. The topological polar surface area (TPSA) is 89.7 Å². The van der Waals surface area contributed by atoms with Gasteiger partial charge in [0.25, 0.3) is 0 Å². The summed E-state index contributed by atoms with van der Waals surface area (Å²) in [6, 6.07) is 0. The Morgan fingerprint density at radius 3 is 2.47 bits per heavy atom. The second-order valence-corrected chi connectivity index (χ2v) is 6.22. The first-order valence-electron chi connectivity index (χ1n) is 5.74. The van der Waals surface area contributed by atoms with Gasteiger partial charge in [-0.15, -0.1) is 0 Å². The van der Waals surface area contributed by atoms with Crippen molar-refractivity contribution in [2.45, 2.75) is 19.3 Å². The molecule has 0 radical (unpaired) electrons. The van der Waals surface area contributed by atoms with Gasteiger partial charge in [-0.1, -0.05) is 0 Å². The van der Waals surface area contributed by atoms with E-state index in [9.17, 15) is 13.2 Å². The third-order valence-electron chi connectivity index (χ3n) is 3.07. The summed E-state index contributed by atoms with van der Waals surface area (Å²) in [5, 5.41) is 0. The van der Waals surface area contributed by atoms with E-state index in [-0.39, 0.29) is 0 Å². The fraction of sp³-hybridized carbons (Fsp3) is 0.900. The van der Waals surface area contributed by atoms with Crippen molar-refractivity contribution in [3.05, 3.63) is 0 Å². The Labute approximate surface area is 102 Å². The second-order valence-electron chi connectivity index (χ2n) is 4.25. The van der Waals surface area contributed by atoms with E-state index < -0.39 is 21.7 Å². The van der Waals surface area contributed by atoms with Crippen LogP contribution in [0.5, 0.6) is 0 Å². The molecule has 0 aromatic heterocycles.